The van der Waals surface area contributed by atoms with Gasteiger partial charge >= 0.3 is 6.03 Å². The summed E-state index contributed by atoms with van der Waals surface area (Å²) in [6.45, 7) is 8.15. The molecule has 0 aromatic heterocycles. The monoisotopic (exact) mass is 361 g/mol. The number of carbonyl (C=O) groups is 1. The normalized spacial score (nSPS) is 20.7. The maximum absolute atomic E-state index is 12.1. The van der Waals surface area contributed by atoms with Crippen LogP contribution >= 0.6 is 0 Å². The van der Waals surface area contributed by atoms with Gasteiger partial charge in [0.1, 0.15) is 5.75 Å². The van der Waals surface area contributed by atoms with Gasteiger partial charge in [-0.2, -0.15) is 0 Å². The summed E-state index contributed by atoms with van der Waals surface area (Å²) in [6, 6.07) is 7.43. The second kappa shape index (κ2) is 8.73. The van der Waals surface area contributed by atoms with Gasteiger partial charge in [0.2, 0.25) is 0 Å². The minimum atomic E-state index is -0.180. The zero-order chi connectivity index (χ0) is 18.4. The lowest BCUT2D eigenvalue weighted by molar-refractivity contribution is -0.0497. The van der Waals surface area contributed by atoms with Crippen molar-refractivity contribution in [3.05, 3.63) is 24.3 Å². The number of carbonyl (C=O) groups excluding carboxylic acids is 1. The Morgan fingerprint density at radius 1 is 1.27 bits per heavy atom. The standard InChI is InChI=1S/C20H31N3O3/c1-20(2)15-25-14-13-23(20)12-11-21-19(24)22-16-7-9-18(10-8-16)26-17-5-3-4-6-17/h7-10,17H,3-6,11-15H2,1-2H3,(H2,21,22,24). The molecule has 0 unspecified atom stereocenters. The predicted octanol–water partition coefficient (Wildman–Crippen LogP) is 3.24. The van der Waals surface area contributed by atoms with E-state index in [2.05, 4.69) is 29.4 Å². The summed E-state index contributed by atoms with van der Waals surface area (Å²) in [6.07, 6.45) is 5.14. The predicted molar refractivity (Wildman–Crippen MR) is 103 cm³/mol. The molecule has 1 heterocycles. The van der Waals surface area contributed by atoms with E-state index in [1.54, 1.807) is 0 Å². The summed E-state index contributed by atoms with van der Waals surface area (Å²) in [4.78, 5) is 14.4. The van der Waals surface area contributed by atoms with Crippen LogP contribution in [0.3, 0.4) is 0 Å². The van der Waals surface area contributed by atoms with Gasteiger partial charge in [0.15, 0.2) is 0 Å². The zero-order valence-corrected chi connectivity index (χ0v) is 15.9. The minimum Gasteiger partial charge on any atom is -0.490 e. The third-order valence-corrected chi connectivity index (χ3v) is 5.20. The Balaban J connectivity index is 1.38. The summed E-state index contributed by atoms with van der Waals surface area (Å²) < 4.78 is 11.5. The van der Waals surface area contributed by atoms with Gasteiger partial charge in [-0.25, -0.2) is 4.79 Å². The second-order valence-electron chi connectivity index (χ2n) is 7.78. The molecule has 1 aromatic rings. The van der Waals surface area contributed by atoms with Gasteiger partial charge in [0.05, 0.1) is 19.3 Å². The van der Waals surface area contributed by atoms with Crippen molar-refractivity contribution < 1.29 is 14.3 Å². The van der Waals surface area contributed by atoms with Crippen LogP contribution in [0.4, 0.5) is 10.5 Å². The Morgan fingerprint density at radius 3 is 2.69 bits per heavy atom. The number of hydrogen-bond donors (Lipinski definition) is 2. The number of hydrogen-bond acceptors (Lipinski definition) is 4. The molecule has 6 nitrogen and oxygen atoms in total. The molecule has 6 heteroatoms. The van der Waals surface area contributed by atoms with Gasteiger partial charge in [-0.1, -0.05) is 0 Å². The van der Waals surface area contributed by atoms with Crippen LogP contribution < -0.4 is 15.4 Å². The molecule has 26 heavy (non-hydrogen) atoms. The highest BCUT2D eigenvalue weighted by Gasteiger charge is 2.29. The molecule has 2 amide bonds. The lowest BCUT2D eigenvalue weighted by atomic mass is 10.0. The first kappa shape index (κ1) is 19.0. The molecule has 0 radical (unpaired) electrons. The van der Waals surface area contributed by atoms with Crippen LogP contribution in [0.1, 0.15) is 39.5 Å². The van der Waals surface area contributed by atoms with E-state index in [9.17, 15) is 4.79 Å². The van der Waals surface area contributed by atoms with E-state index in [0.717, 1.165) is 50.6 Å². The van der Waals surface area contributed by atoms with Crippen molar-refractivity contribution >= 4 is 11.7 Å². The number of rotatable bonds is 6. The lowest BCUT2D eigenvalue weighted by Gasteiger charge is -2.42. The fourth-order valence-electron chi connectivity index (χ4n) is 3.60. The van der Waals surface area contributed by atoms with Gasteiger partial charge in [0.25, 0.3) is 0 Å². The Bertz CT molecular complexity index is 582. The SMILES string of the molecule is CC1(C)COCCN1CCNC(=O)Nc1ccc(OC2CCCC2)cc1. The molecule has 2 fully saturated rings. The highest BCUT2D eigenvalue weighted by Crippen LogP contribution is 2.25. The molecule has 3 rings (SSSR count). The van der Waals surface area contributed by atoms with Gasteiger partial charge in [-0.15, -0.1) is 0 Å². The van der Waals surface area contributed by atoms with Crippen molar-refractivity contribution in [3.63, 3.8) is 0 Å². The molecule has 1 saturated heterocycles. The largest absolute Gasteiger partial charge is 0.490 e. The first-order valence-corrected chi connectivity index (χ1v) is 9.67. The van der Waals surface area contributed by atoms with E-state index in [4.69, 9.17) is 9.47 Å². The highest BCUT2D eigenvalue weighted by atomic mass is 16.5. The maximum Gasteiger partial charge on any atom is 0.319 e. The number of morpholine rings is 1. The van der Waals surface area contributed by atoms with E-state index < -0.39 is 0 Å². The van der Waals surface area contributed by atoms with Crippen molar-refractivity contribution in [3.8, 4) is 5.75 Å². The molecule has 144 valence electrons. The molecular weight excluding hydrogens is 330 g/mol. The fraction of sp³-hybridized carbons (Fsp3) is 0.650. The molecule has 1 aliphatic heterocycles. The molecule has 2 N–H and O–H groups in total. The van der Waals surface area contributed by atoms with Crippen LogP contribution in [0.5, 0.6) is 5.75 Å². The molecule has 2 aliphatic rings. The van der Waals surface area contributed by atoms with Gasteiger partial charge in [-0.05, 0) is 63.8 Å². The van der Waals surface area contributed by atoms with E-state index in [-0.39, 0.29) is 11.6 Å². The summed E-state index contributed by atoms with van der Waals surface area (Å²) in [5, 5.41) is 5.80. The Kier molecular flexibility index (Phi) is 6.38. The van der Waals surface area contributed by atoms with Crippen LogP contribution in [-0.2, 0) is 4.74 Å². The maximum atomic E-state index is 12.1. The van der Waals surface area contributed by atoms with Crippen LogP contribution in [0.2, 0.25) is 0 Å². The summed E-state index contributed by atoms with van der Waals surface area (Å²) in [5.74, 6) is 0.873. The molecule has 0 spiro atoms. The van der Waals surface area contributed by atoms with Crippen LogP contribution in [-0.4, -0.2) is 55.4 Å². The number of nitrogens with one attached hydrogen (secondary N) is 2. The molecule has 1 aliphatic carbocycles. The van der Waals surface area contributed by atoms with Gasteiger partial charge in [0, 0.05) is 30.9 Å². The van der Waals surface area contributed by atoms with E-state index in [0.29, 0.717) is 12.6 Å². The first-order chi connectivity index (χ1) is 12.5. The lowest BCUT2D eigenvalue weighted by Crippen LogP contribution is -2.54. The summed E-state index contributed by atoms with van der Waals surface area (Å²) in [7, 11) is 0. The molecule has 1 saturated carbocycles. The van der Waals surface area contributed by atoms with Crippen molar-refractivity contribution in [2.24, 2.45) is 0 Å². The number of ether oxygens (including phenoxy) is 2. The van der Waals surface area contributed by atoms with Crippen molar-refractivity contribution in [1.29, 1.82) is 0 Å². The summed E-state index contributed by atoms with van der Waals surface area (Å²) >= 11 is 0. The van der Waals surface area contributed by atoms with Crippen LogP contribution in [0.15, 0.2) is 24.3 Å². The van der Waals surface area contributed by atoms with Crippen molar-refractivity contribution in [2.75, 3.05) is 38.2 Å². The highest BCUT2D eigenvalue weighted by molar-refractivity contribution is 5.89. The van der Waals surface area contributed by atoms with Gasteiger partial charge < -0.3 is 20.1 Å². The van der Waals surface area contributed by atoms with Crippen LogP contribution in [0.25, 0.3) is 0 Å². The molecule has 1 aromatic carbocycles. The van der Waals surface area contributed by atoms with E-state index >= 15 is 0 Å². The Labute approximate surface area is 156 Å². The average Bonchev–Trinajstić information content (AvgIpc) is 3.11. The minimum absolute atomic E-state index is 0.0194. The second-order valence-corrected chi connectivity index (χ2v) is 7.78. The topological polar surface area (TPSA) is 62.8 Å². The Hall–Kier alpha value is -1.79. The molecule has 0 bridgehead atoms. The quantitative estimate of drug-likeness (QED) is 0.816. The summed E-state index contributed by atoms with van der Waals surface area (Å²) in [5.41, 5.74) is 0.791. The fourth-order valence-corrected chi connectivity index (χ4v) is 3.60. The smallest absolute Gasteiger partial charge is 0.319 e. The average molecular weight is 361 g/mol. The van der Waals surface area contributed by atoms with E-state index in [1.165, 1.54) is 12.8 Å². The number of benzene rings is 1. The number of anilines is 1. The van der Waals surface area contributed by atoms with E-state index in [1.807, 2.05) is 24.3 Å². The number of amides is 2. The zero-order valence-electron chi connectivity index (χ0n) is 15.9. The van der Waals surface area contributed by atoms with Crippen molar-refractivity contribution in [2.45, 2.75) is 51.2 Å². The third-order valence-electron chi connectivity index (χ3n) is 5.20. The molecular formula is C20H31N3O3. The number of nitrogens with zero attached hydrogens (tertiary/aromatic N) is 1. The van der Waals surface area contributed by atoms with Gasteiger partial charge in [-0.3, -0.25) is 4.90 Å². The van der Waals surface area contributed by atoms with Crippen molar-refractivity contribution in [1.82, 2.24) is 10.2 Å². The van der Waals surface area contributed by atoms with Crippen LogP contribution in [0, 0.1) is 0 Å². The third kappa shape index (κ3) is 5.35. The number of urea groups is 1. The Morgan fingerprint density at radius 2 is 2.00 bits per heavy atom. The molecule has 0 atom stereocenters. The first-order valence-electron chi connectivity index (χ1n) is 9.67.